The molecule has 3 rings (SSSR count). The van der Waals surface area contributed by atoms with E-state index in [-0.39, 0.29) is 5.37 Å². The lowest BCUT2D eigenvalue weighted by Crippen LogP contribution is -2.13. The number of fused-ring (bicyclic) bond motifs is 2. The highest BCUT2D eigenvalue weighted by molar-refractivity contribution is 8.00. The Morgan fingerprint density at radius 2 is 2.33 bits per heavy atom. The van der Waals surface area contributed by atoms with Crippen LogP contribution in [0.25, 0.3) is 0 Å². The molecule has 0 saturated carbocycles. The Labute approximate surface area is 131 Å². The van der Waals surface area contributed by atoms with Gasteiger partial charge in [0, 0.05) is 4.90 Å². The molecular formula is C15H17NO3S2. The first-order valence-electron chi connectivity index (χ1n) is 6.55. The molecule has 0 amide bonds. The highest BCUT2D eigenvalue weighted by Crippen LogP contribution is 2.30. The Morgan fingerprint density at radius 3 is 2.95 bits per heavy atom. The van der Waals surface area contributed by atoms with E-state index in [1.807, 2.05) is 19.1 Å². The average molecular weight is 323 g/mol. The third-order valence-corrected chi connectivity index (χ3v) is 5.07. The summed E-state index contributed by atoms with van der Waals surface area (Å²) in [7, 11) is 0. The van der Waals surface area contributed by atoms with E-state index in [4.69, 9.17) is 15.6 Å². The van der Waals surface area contributed by atoms with Crippen molar-refractivity contribution in [1.82, 2.24) is 0 Å². The lowest BCUT2D eigenvalue weighted by molar-refractivity contribution is 0.0699. The van der Waals surface area contributed by atoms with E-state index in [9.17, 15) is 4.79 Å². The summed E-state index contributed by atoms with van der Waals surface area (Å²) >= 11 is 2.65. The van der Waals surface area contributed by atoms with Crippen LogP contribution in [0.1, 0.15) is 28.6 Å². The predicted molar refractivity (Wildman–Crippen MR) is 86.2 cm³/mol. The average Bonchev–Trinajstić information content (AvgIpc) is 3.06. The van der Waals surface area contributed by atoms with Crippen molar-refractivity contribution in [1.29, 1.82) is 0 Å². The van der Waals surface area contributed by atoms with Gasteiger partial charge in [0.2, 0.25) is 0 Å². The van der Waals surface area contributed by atoms with Gasteiger partial charge in [0.05, 0.1) is 5.37 Å². The topological polar surface area (TPSA) is 72.6 Å². The highest BCUT2D eigenvalue weighted by Gasteiger charge is 2.13. The van der Waals surface area contributed by atoms with Crippen LogP contribution in [0.5, 0.6) is 5.75 Å². The number of hydrogen-bond acceptors (Lipinski definition) is 5. The molecule has 21 heavy (non-hydrogen) atoms. The predicted octanol–water partition coefficient (Wildman–Crippen LogP) is 3.81. The first-order valence-corrected chi connectivity index (χ1v) is 8.31. The molecule has 1 aliphatic heterocycles. The van der Waals surface area contributed by atoms with Gasteiger partial charge in [0.15, 0.2) is 0 Å². The van der Waals surface area contributed by atoms with Crippen molar-refractivity contribution >= 4 is 29.1 Å². The van der Waals surface area contributed by atoms with Gasteiger partial charge in [-0.25, -0.2) is 4.79 Å². The maximum absolute atomic E-state index is 10.7. The summed E-state index contributed by atoms with van der Waals surface area (Å²) in [6.45, 7) is 2.74. The molecule has 2 heterocycles. The highest BCUT2D eigenvalue weighted by atomic mass is 32.2. The van der Waals surface area contributed by atoms with E-state index in [1.54, 1.807) is 11.4 Å². The zero-order valence-corrected chi connectivity index (χ0v) is 13.2. The smallest absolute Gasteiger partial charge is 0.347 e. The standard InChI is InChI=1S/C8H11NO2S2.C7H6O/c1-2-6(9)13-5-3-4-12-7(5)8(10)11;1-2-6-4-7(3-1)8-5-6/h3-4,6H,2,9H2,1H3,(H,10,11);1-4H,5H2. The fourth-order valence-electron chi connectivity index (χ4n) is 1.68. The SMILES string of the molecule is CCC(N)Sc1ccsc1C(=O)O.c1cc2cc(c1)OC2. The van der Waals surface area contributed by atoms with Gasteiger partial charge in [-0.1, -0.05) is 19.1 Å². The van der Waals surface area contributed by atoms with E-state index in [2.05, 4.69) is 12.1 Å². The molecule has 1 aromatic carbocycles. The second-order valence-electron chi connectivity index (χ2n) is 4.42. The monoisotopic (exact) mass is 323 g/mol. The number of carbonyl (C=O) groups is 1. The molecule has 112 valence electrons. The number of thioether (sulfide) groups is 1. The zero-order valence-electron chi connectivity index (χ0n) is 11.6. The van der Waals surface area contributed by atoms with Crippen molar-refractivity contribution in [2.45, 2.75) is 30.2 Å². The molecule has 1 atom stereocenters. The number of hydrogen-bond donors (Lipinski definition) is 2. The molecule has 4 nitrogen and oxygen atoms in total. The van der Waals surface area contributed by atoms with Gasteiger partial charge in [0.25, 0.3) is 0 Å². The van der Waals surface area contributed by atoms with Gasteiger partial charge in [-0.2, -0.15) is 0 Å². The minimum absolute atomic E-state index is 0.0206. The lowest BCUT2D eigenvalue weighted by Gasteiger charge is -2.06. The number of carboxylic acids is 1. The molecule has 0 spiro atoms. The molecule has 1 aromatic heterocycles. The fourth-order valence-corrected chi connectivity index (χ4v) is 3.52. The Hall–Kier alpha value is -1.50. The molecular weight excluding hydrogens is 306 g/mol. The number of carboxylic acid groups (broad SMARTS) is 1. The van der Waals surface area contributed by atoms with Gasteiger partial charge >= 0.3 is 5.97 Å². The molecule has 2 aromatic rings. The third-order valence-electron chi connectivity index (χ3n) is 2.81. The van der Waals surface area contributed by atoms with Crippen molar-refractivity contribution in [2.75, 3.05) is 0 Å². The summed E-state index contributed by atoms with van der Waals surface area (Å²) in [5.41, 5.74) is 6.99. The molecule has 0 fully saturated rings. The normalized spacial score (nSPS) is 13.0. The Balaban J connectivity index is 0.000000170. The Kier molecular flexibility index (Phi) is 5.67. The summed E-state index contributed by atoms with van der Waals surface area (Å²) in [6, 6.07) is 9.90. The number of nitrogens with two attached hydrogens (primary N) is 1. The van der Waals surface area contributed by atoms with E-state index in [0.717, 1.165) is 23.7 Å². The minimum Gasteiger partial charge on any atom is -0.489 e. The summed E-state index contributed by atoms with van der Waals surface area (Å²) in [5, 5.41) is 10.5. The van der Waals surface area contributed by atoms with Gasteiger partial charge < -0.3 is 15.6 Å². The first-order chi connectivity index (χ1) is 10.1. The summed E-state index contributed by atoms with van der Waals surface area (Å²) in [5.74, 6) is 0.128. The molecule has 1 unspecified atom stereocenters. The molecule has 3 N–H and O–H groups in total. The van der Waals surface area contributed by atoms with Crippen molar-refractivity contribution in [3.63, 3.8) is 0 Å². The van der Waals surface area contributed by atoms with E-state index in [0.29, 0.717) is 4.88 Å². The maximum Gasteiger partial charge on any atom is 0.347 e. The van der Waals surface area contributed by atoms with Crippen LogP contribution in [0.2, 0.25) is 0 Å². The van der Waals surface area contributed by atoms with Crippen molar-refractivity contribution in [3.05, 3.63) is 46.2 Å². The molecule has 0 aliphatic carbocycles. The molecule has 0 saturated heterocycles. The third kappa shape index (κ3) is 4.49. The maximum atomic E-state index is 10.7. The quantitative estimate of drug-likeness (QED) is 0.661. The van der Waals surface area contributed by atoms with E-state index >= 15 is 0 Å². The molecule has 0 radical (unpaired) electrons. The Bertz CT molecular complexity index is 593. The number of thiophene rings is 1. The van der Waals surface area contributed by atoms with E-state index < -0.39 is 5.97 Å². The van der Waals surface area contributed by atoms with Crippen LogP contribution in [-0.4, -0.2) is 16.4 Å². The number of ether oxygens (including phenoxy) is 1. The number of benzene rings is 1. The summed E-state index contributed by atoms with van der Waals surface area (Å²) in [4.78, 5) is 11.9. The van der Waals surface area contributed by atoms with Gasteiger partial charge in [-0.15, -0.1) is 23.1 Å². The first kappa shape index (κ1) is 15.9. The number of rotatable bonds is 4. The fraction of sp³-hybridized carbons (Fsp3) is 0.267. The van der Waals surface area contributed by atoms with Crippen LogP contribution < -0.4 is 10.5 Å². The molecule has 6 heteroatoms. The van der Waals surface area contributed by atoms with Crippen LogP contribution in [-0.2, 0) is 6.61 Å². The van der Waals surface area contributed by atoms with Crippen LogP contribution in [0.3, 0.4) is 0 Å². The van der Waals surface area contributed by atoms with E-state index in [1.165, 1.54) is 28.7 Å². The summed E-state index contributed by atoms with van der Waals surface area (Å²) < 4.78 is 5.18. The minimum atomic E-state index is -0.874. The Morgan fingerprint density at radius 1 is 1.52 bits per heavy atom. The van der Waals surface area contributed by atoms with Crippen LogP contribution in [0.4, 0.5) is 0 Å². The largest absolute Gasteiger partial charge is 0.489 e. The van der Waals surface area contributed by atoms with Crippen LogP contribution >= 0.6 is 23.1 Å². The number of aromatic carboxylic acids is 1. The second-order valence-corrected chi connectivity index (χ2v) is 6.62. The van der Waals surface area contributed by atoms with Crippen molar-refractivity contribution in [3.8, 4) is 5.75 Å². The van der Waals surface area contributed by atoms with Crippen molar-refractivity contribution in [2.24, 2.45) is 5.73 Å². The van der Waals surface area contributed by atoms with Crippen LogP contribution in [0, 0.1) is 0 Å². The molecule has 2 bridgehead atoms. The van der Waals surface area contributed by atoms with Gasteiger partial charge in [0.1, 0.15) is 17.2 Å². The van der Waals surface area contributed by atoms with Gasteiger partial charge in [-0.3, -0.25) is 0 Å². The van der Waals surface area contributed by atoms with Crippen LogP contribution in [0.15, 0.2) is 40.6 Å². The van der Waals surface area contributed by atoms with Gasteiger partial charge in [-0.05, 0) is 35.6 Å². The summed E-state index contributed by atoms with van der Waals surface area (Å²) in [6.07, 6.45) is 0.833. The molecule has 1 aliphatic rings. The second kappa shape index (κ2) is 7.49. The van der Waals surface area contributed by atoms with Crippen molar-refractivity contribution < 1.29 is 14.6 Å². The lowest BCUT2D eigenvalue weighted by atomic mass is 10.2. The zero-order chi connectivity index (χ0) is 15.2.